The Hall–Kier alpha value is -0.520. The van der Waals surface area contributed by atoms with E-state index in [1.165, 1.54) is 50.5 Å². The van der Waals surface area contributed by atoms with E-state index < -0.39 is 0 Å². The van der Waals surface area contributed by atoms with Crippen molar-refractivity contribution in [2.24, 2.45) is 0 Å². The number of ether oxygens (including phenoxy) is 1. The van der Waals surface area contributed by atoms with Gasteiger partial charge in [-0.1, -0.05) is 12.8 Å². The molecule has 0 radical (unpaired) electrons. The molecule has 0 N–H and O–H groups in total. The highest BCUT2D eigenvalue weighted by molar-refractivity contribution is 5.08. The molecular formula is C15H26O. The smallest absolute Gasteiger partial charge is 0.0598 e. The lowest BCUT2D eigenvalue weighted by Crippen LogP contribution is -2.19. The molecule has 0 saturated carbocycles. The number of allylic oxidation sites excluding steroid dienone is 1. The van der Waals surface area contributed by atoms with Crippen molar-refractivity contribution in [3.8, 4) is 0 Å². The lowest BCUT2D eigenvalue weighted by atomic mass is 10.1. The molecule has 0 aromatic heterocycles. The van der Waals surface area contributed by atoms with Crippen LogP contribution in [-0.2, 0) is 4.74 Å². The fraction of sp³-hybridized carbons (Fsp3) is 0.800. The minimum absolute atomic E-state index is 0.0272. The summed E-state index contributed by atoms with van der Waals surface area (Å²) in [5.74, 6) is 0. The van der Waals surface area contributed by atoms with Gasteiger partial charge in [0.15, 0.2) is 0 Å². The van der Waals surface area contributed by atoms with Crippen LogP contribution < -0.4 is 0 Å². The average Bonchev–Trinajstić information content (AvgIpc) is 2.67. The zero-order chi connectivity index (χ0) is 11.9. The molecule has 1 rings (SSSR count). The van der Waals surface area contributed by atoms with Crippen molar-refractivity contribution in [2.75, 3.05) is 6.61 Å². The van der Waals surface area contributed by atoms with Gasteiger partial charge in [-0.05, 0) is 64.5 Å². The third-order valence-electron chi connectivity index (χ3n) is 2.80. The van der Waals surface area contributed by atoms with Crippen LogP contribution in [0.2, 0.25) is 0 Å². The minimum Gasteiger partial charge on any atom is -0.376 e. The molecule has 0 aromatic rings. The summed E-state index contributed by atoms with van der Waals surface area (Å²) in [4.78, 5) is 0. The zero-order valence-electron chi connectivity index (χ0n) is 11.1. The average molecular weight is 222 g/mol. The van der Waals surface area contributed by atoms with Crippen molar-refractivity contribution in [1.29, 1.82) is 0 Å². The molecule has 1 aliphatic rings. The molecule has 16 heavy (non-hydrogen) atoms. The van der Waals surface area contributed by atoms with Gasteiger partial charge in [-0.2, -0.15) is 0 Å². The molecule has 0 saturated heterocycles. The van der Waals surface area contributed by atoms with E-state index >= 15 is 0 Å². The van der Waals surface area contributed by atoms with Gasteiger partial charge in [-0.25, -0.2) is 0 Å². The third kappa shape index (κ3) is 6.87. The second-order valence-electron chi connectivity index (χ2n) is 5.62. The summed E-state index contributed by atoms with van der Waals surface area (Å²) >= 11 is 0. The molecule has 0 aliphatic heterocycles. The van der Waals surface area contributed by atoms with Gasteiger partial charge >= 0.3 is 0 Å². The van der Waals surface area contributed by atoms with Crippen molar-refractivity contribution in [1.82, 2.24) is 0 Å². The highest BCUT2D eigenvalue weighted by Gasteiger charge is 2.08. The maximum Gasteiger partial charge on any atom is 0.0598 e. The summed E-state index contributed by atoms with van der Waals surface area (Å²) < 4.78 is 5.69. The van der Waals surface area contributed by atoms with Crippen LogP contribution in [0, 0.1) is 0 Å². The SMILES string of the molecule is CC(C)(C)OCCCCCCC1=C=CCC1. The number of unbranched alkanes of at least 4 members (excludes halogenated alkanes) is 3. The van der Waals surface area contributed by atoms with Crippen LogP contribution in [0.4, 0.5) is 0 Å². The predicted molar refractivity (Wildman–Crippen MR) is 69.6 cm³/mol. The van der Waals surface area contributed by atoms with E-state index in [2.05, 4.69) is 32.6 Å². The lowest BCUT2D eigenvalue weighted by Gasteiger charge is -2.19. The van der Waals surface area contributed by atoms with Gasteiger partial charge in [0, 0.05) is 6.61 Å². The first-order valence-electron chi connectivity index (χ1n) is 6.65. The van der Waals surface area contributed by atoms with Crippen LogP contribution in [-0.4, -0.2) is 12.2 Å². The molecule has 0 unspecified atom stereocenters. The van der Waals surface area contributed by atoms with Gasteiger partial charge in [-0.3, -0.25) is 0 Å². The molecule has 1 heteroatoms. The fourth-order valence-corrected chi connectivity index (χ4v) is 1.90. The van der Waals surface area contributed by atoms with E-state index in [0.717, 1.165) is 6.61 Å². The van der Waals surface area contributed by atoms with E-state index in [9.17, 15) is 0 Å². The van der Waals surface area contributed by atoms with Crippen molar-refractivity contribution in [3.05, 3.63) is 17.4 Å². The topological polar surface area (TPSA) is 9.23 Å². The first kappa shape index (κ1) is 13.5. The highest BCUT2D eigenvalue weighted by atomic mass is 16.5. The van der Waals surface area contributed by atoms with Crippen LogP contribution in [0.25, 0.3) is 0 Å². The molecule has 0 spiro atoms. The standard InChI is InChI=1S/C15H26O/c1-15(2,3)16-13-9-5-4-6-10-14-11-7-8-12-14/h7H,4-6,8-10,12-13H2,1-3H3. The van der Waals surface area contributed by atoms with Gasteiger partial charge in [0.25, 0.3) is 0 Å². The molecule has 0 aromatic carbocycles. The van der Waals surface area contributed by atoms with E-state index in [1.54, 1.807) is 0 Å². The predicted octanol–water partition coefficient (Wildman–Crippen LogP) is 4.63. The number of hydrogen-bond acceptors (Lipinski definition) is 1. The summed E-state index contributed by atoms with van der Waals surface area (Å²) in [7, 11) is 0. The summed E-state index contributed by atoms with van der Waals surface area (Å²) in [6.07, 6.45) is 11.1. The molecular weight excluding hydrogens is 196 g/mol. The second kappa shape index (κ2) is 6.93. The zero-order valence-corrected chi connectivity index (χ0v) is 11.1. The maximum absolute atomic E-state index is 5.69. The first-order chi connectivity index (χ1) is 7.58. The van der Waals surface area contributed by atoms with Gasteiger partial charge < -0.3 is 4.74 Å². The molecule has 0 amide bonds. The Morgan fingerprint density at radius 1 is 1.19 bits per heavy atom. The van der Waals surface area contributed by atoms with Crippen LogP contribution in [0.5, 0.6) is 0 Å². The monoisotopic (exact) mass is 222 g/mol. The van der Waals surface area contributed by atoms with Crippen molar-refractivity contribution >= 4 is 0 Å². The fourth-order valence-electron chi connectivity index (χ4n) is 1.90. The molecule has 0 fully saturated rings. The largest absolute Gasteiger partial charge is 0.376 e. The van der Waals surface area contributed by atoms with Crippen molar-refractivity contribution in [3.63, 3.8) is 0 Å². The Labute approximate surface area is 101 Å². The Bertz CT molecular complexity index is 251. The second-order valence-corrected chi connectivity index (χ2v) is 5.62. The quantitative estimate of drug-likeness (QED) is 0.451. The van der Waals surface area contributed by atoms with Crippen molar-refractivity contribution in [2.45, 2.75) is 71.3 Å². The van der Waals surface area contributed by atoms with E-state index in [4.69, 9.17) is 4.74 Å². The molecule has 0 bridgehead atoms. The minimum atomic E-state index is 0.0272. The van der Waals surface area contributed by atoms with Gasteiger partial charge in [0.05, 0.1) is 5.60 Å². The lowest BCUT2D eigenvalue weighted by molar-refractivity contribution is -0.00473. The Morgan fingerprint density at radius 3 is 2.56 bits per heavy atom. The van der Waals surface area contributed by atoms with E-state index in [-0.39, 0.29) is 5.60 Å². The van der Waals surface area contributed by atoms with E-state index in [0.29, 0.717) is 0 Å². The highest BCUT2D eigenvalue weighted by Crippen LogP contribution is 2.18. The molecule has 0 heterocycles. The van der Waals surface area contributed by atoms with Crippen LogP contribution in [0.15, 0.2) is 17.4 Å². The molecule has 92 valence electrons. The summed E-state index contributed by atoms with van der Waals surface area (Å²) in [5.41, 5.74) is 4.91. The normalized spacial score (nSPS) is 15.6. The Morgan fingerprint density at radius 2 is 1.94 bits per heavy atom. The molecule has 1 aliphatic carbocycles. The van der Waals surface area contributed by atoms with Gasteiger partial charge in [0.1, 0.15) is 0 Å². The van der Waals surface area contributed by atoms with Gasteiger partial charge in [-0.15, -0.1) is 5.73 Å². The molecule has 1 nitrogen and oxygen atoms in total. The number of hydrogen-bond donors (Lipinski definition) is 0. The van der Waals surface area contributed by atoms with E-state index in [1.807, 2.05) is 0 Å². The Balaban J connectivity index is 1.87. The number of rotatable bonds is 7. The summed E-state index contributed by atoms with van der Waals surface area (Å²) in [6.45, 7) is 7.26. The Kier molecular flexibility index (Phi) is 5.87. The van der Waals surface area contributed by atoms with Crippen LogP contribution in [0.1, 0.15) is 65.7 Å². The first-order valence-corrected chi connectivity index (χ1v) is 6.65. The van der Waals surface area contributed by atoms with Crippen molar-refractivity contribution < 1.29 is 4.74 Å². The maximum atomic E-state index is 5.69. The molecule has 0 atom stereocenters. The van der Waals surface area contributed by atoms with Crippen LogP contribution in [0.3, 0.4) is 0 Å². The van der Waals surface area contributed by atoms with Gasteiger partial charge in [0.2, 0.25) is 0 Å². The third-order valence-corrected chi connectivity index (χ3v) is 2.80. The summed E-state index contributed by atoms with van der Waals surface area (Å²) in [5, 5.41) is 0. The van der Waals surface area contributed by atoms with Crippen LogP contribution >= 0.6 is 0 Å². The summed E-state index contributed by atoms with van der Waals surface area (Å²) in [6, 6.07) is 0.